The highest BCUT2D eigenvalue weighted by Gasteiger charge is 2.31. The lowest BCUT2D eigenvalue weighted by Crippen LogP contribution is -2.28. The van der Waals surface area contributed by atoms with Crippen LogP contribution in [0.15, 0.2) is 72.9 Å². The fourth-order valence-electron chi connectivity index (χ4n) is 3.50. The predicted octanol–water partition coefficient (Wildman–Crippen LogP) is 2.80. The Balaban J connectivity index is 1.44. The van der Waals surface area contributed by atoms with Crippen molar-refractivity contribution in [2.45, 2.75) is 18.5 Å². The Morgan fingerprint density at radius 3 is 2.38 bits per heavy atom. The molecule has 1 aliphatic heterocycles. The smallest absolute Gasteiger partial charge is 0.0769 e. The first kappa shape index (κ1) is 15.1. The molecule has 24 heavy (non-hydrogen) atoms. The number of hydrogen-bond donors (Lipinski definition) is 1. The molecule has 0 aliphatic carbocycles. The van der Waals surface area contributed by atoms with Gasteiger partial charge in [0.15, 0.2) is 0 Å². The van der Waals surface area contributed by atoms with Gasteiger partial charge in [0.05, 0.1) is 11.4 Å². The first-order chi connectivity index (χ1) is 11.8. The van der Waals surface area contributed by atoms with Gasteiger partial charge in [0, 0.05) is 37.8 Å². The highest BCUT2D eigenvalue weighted by atomic mass is 15.3. The fraction of sp³-hybridized carbons (Fsp3) is 0.250. The van der Waals surface area contributed by atoms with Crippen molar-refractivity contribution in [3.63, 3.8) is 0 Å². The lowest BCUT2D eigenvalue weighted by atomic mass is 9.95. The molecule has 0 amide bonds. The molecule has 0 radical (unpaired) electrons. The lowest BCUT2D eigenvalue weighted by Gasteiger charge is -2.15. The van der Waals surface area contributed by atoms with Gasteiger partial charge in [-0.2, -0.15) is 5.10 Å². The minimum Gasteiger partial charge on any atom is -0.326 e. The van der Waals surface area contributed by atoms with Crippen molar-refractivity contribution in [2.75, 3.05) is 13.1 Å². The second kappa shape index (κ2) is 6.59. The molecule has 1 aliphatic rings. The maximum atomic E-state index is 6.38. The van der Waals surface area contributed by atoms with Crippen LogP contribution in [0.2, 0.25) is 0 Å². The molecular weight excluding hydrogens is 296 g/mol. The van der Waals surface area contributed by atoms with E-state index in [1.807, 2.05) is 29.1 Å². The maximum absolute atomic E-state index is 6.38. The van der Waals surface area contributed by atoms with Crippen LogP contribution >= 0.6 is 0 Å². The molecule has 2 atom stereocenters. The van der Waals surface area contributed by atoms with Gasteiger partial charge in [0.2, 0.25) is 0 Å². The SMILES string of the molecule is N[C@@H]1CN(Cc2ccn(-c3ccccc3)n2)C[C@H]1c1ccccc1. The number of benzene rings is 2. The number of likely N-dealkylation sites (tertiary alicyclic amines) is 1. The molecule has 0 spiro atoms. The molecule has 1 aromatic heterocycles. The van der Waals surface area contributed by atoms with Crippen LogP contribution in [0.5, 0.6) is 0 Å². The summed E-state index contributed by atoms with van der Waals surface area (Å²) in [7, 11) is 0. The fourth-order valence-corrected chi connectivity index (χ4v) is 3.50. The molecule has 2 heterocycles. The zero-order chi connectivity index (χ0) is 16.4. The number of nitrogens with zero attached hydrogens (tertiary/aromatic N) is 3. The average Bonchev–Trinajstić information content (AvgIpc) is 3.23. The van der Waals surface area contributed by atoms with Crippen molar-refractivity contribution >= 4 is 0 Å². The number of aromatic nitrogens is 2. The van der Waals surface area contributed by atoms with E-state index in [0.717, 1.165) is 31.0 Å². The molecule has 0 bridgehead atoms. The van der Waals surface area contributed by atoms with Gasteiger partial charge in [-0.1, -0.05) is 48.5 Å². The van der Waals surface area contributed by atoms with E-state index in [2.05, 4.69) is 53.4 Å². The number of rotatable bonds is 4. The molecule has 3 aromatic rings. The highest BCUT2D eigenvalue weighted by molar-refractivity contribution is 5.30. The van der Waals surface area contributed by atoms with Crippen LogP contribution in [0.3, 0.4) is 0 Å². The highest BCUT2D eigenvalue weighted by Crippen LogP contribution is 2.27. The van der Waals surface area contributed by atoms with Crippen LogP contribution in [0.4, 0.5) is 0 Å². The van der Waals surface area contributed by atoms with E-state index in [1.54, 1.807) is 0 Å². The summed E-state index contributed by atoms with van der Waals surface area (Å²) < 4.78 is 1.93. The summed E-state index contributed by atoms with van der Waals surface area (Å²) in [6, 6.07) is 23.1. The molecule has 4 rings (SSSR count). The average molecular weight is 318 g/mol. The van der Waals surface area contributed by atoms with Gasteiger partial charge >= 0.3 is 0 Å². The van der Waals surface area contributed by atoms with Crippen molar-refractivity contribution < 1.29 is 0 Å². The van der Waals surface area contributed by atoms with Crippen molar-refractivity contribution in [3.8, 4) is 5.69 Å². The minimum absolute atomic E-state index is 0.184. The molecule has 0 saturated carbocycles. The van der Waals surface area contributed by atoms with Crippen molar-refractivity contribution in [1.29, 1.82) is 0 Å². The van der Waals surface area contributed by atoms with E-state index in [1.165, 1.54) is 5.56 Å². The summed E-state index contributed by atoms with van der Waals surface area (Å²) in [4.78, 5) is 2.40. The van der Waals surface area contributed by atoms with Crippen molar-refractivity contribution in [1.82, 2.24) is 14.7 Å². The second-order valence-electron chi connectivity index (χ2n) is 6.46. The molecular formula is C20H22N4. The number of nitrogens with two attached hydrogens (primary N) is 1. The Kier molecular flexibility index (Phi) is 4.15. The number of para-hydroxylation sites is 1. The third-order valence-corrected chi connectivity index (χ3v) is 4.72. The van der Waals surface area contributed by atoms with E-state index in [0.29, 0.717) is 5.92 Å². The number of hydrogen-bond acceptors (Lipinski definition) is 3. The van der Waals surface area contributed by atoms with Gasteiger partial charge in [-0.15, -0.1) is 0 Å². The Hall–Kier alpha value is -2.43. The Labute approximate surface area is 142 Å². The van der Waals surface area contributed by atoms with E-state index in [-0.39, 0.29) is 6.04 Å². The predicted molar refractivity (Wildman–Crippen MR) is 96.0 cm³/mol. The lowest BCUT2D eigenvalue weighted by molar-refractivity contribution is 0.319. The third-order valence-electron chi connectivity index (χ3n) is 4.72. The Bertz CT molecular complexity index is 782. The normalized spacial score (nSPS) is 21.2. The van der Waals surface area contributed by atoms with Crippen LogP contribution in [-0.2, 0) is 6.54 Å². The first-order valence-electron chi connectivity index (χ1n) is 8.42. The molecule has 1 saturated heterocycles. The summed E-state index contributed by atoms with van der Waals surface area (Å²) in [6.07, 6.45) is 2.02. The van der Waals surface area contributed by atoms with Crippen molar-refractivity contribution in [3.05, 3.63) is 84.2 Å². The Morgan fingerprint density at radius 1 is 0.917 bits per heavy atom. The zero-order valence-electron chi connectivity index (χ0n) is 13.6. The van der Waals surface area contributed by atoms with Gasteiger partial charge in [-0.05, 0) is 23.8 Å². The van der Waals surface area contributed by atoms with Crippen LogP contribution in [0, 0.1) is 0 Å². The quantitative estimate of drug-likeness (QED) is 0.804. The molecule has 1 fully saturated rings. The monoisotopic (exact) mass is 318 g/mol. The van der Waals surface area contributed by atoms with Crippen LogP contribution in [0.1, 0.15) is 17.2 Å². The third kappa shape index (κ3) is 3.11. The van der Waals surface area contributed by atoms with Crippen LogP contribution < -0.4 is 5.73 Å². The standard InChI is InChI=1S/C20H22N4/c21-20-15-23(14-19(20)16-7-3-1-4-8-16)13-17-11-12-24(22-17)18-9-5-2-6-10-18/h1-12,19-20H,13-15,21H2/t19-,20+/m0/s1. The maximum Gasteiger partial charge on any atom is 0.0769 e. The molecule has 2 N–H and O–H groups in total. The summed E-state index contributed by atoms with van der Waals surface area (Å²) in [5.41, 5.74) is 9.89. The molecule has 4 heteroatoms. The van der Waals surface area contributed by atoms with E-state index in [4.69, 9.17) is 10.8 Å². The van der Waals surface area contributed by atoms with E-state index in [9.17, 15) is 0 Å². The second-order valence-corrected chi connectivity index (χ2v) is 6.46. The molecule has 0 unspecified atom stereocenters. The molecule has 2 aromatic carbocycles. The van der Waals surface area contributed by atoms with Crippen LogP contribution in [0.25, 0.3) is 5.69 Å². The molecule has 4 nitrogen and oxygen atoms in total. The minimum atomic E-state index is 0.184. The van der Waals surface area contributed by atoms with Gasteiger partial charge in [0.1, 0.15) is 0 Å². The largest absolute Gasteiger partial charge is 0.326 e. The summed E-state index contributed by atoms with van der Waals surface area (Å²) >= 11 is 0. The van der Waals surface area contributed by atoms with Gasteiger partial charge in [-0.25, -0.2) is 4.68 Å². The van der Waals surface area contributed by atoms with Crippen LogP contribution in [-0.4, -0.2) is 33.8 Å². The Morgan fingerprint density at radius 2 is 1.62 bits per heavy atom. The zero-order valence-corrected chi connectivity index (χ0v) is 13.6. The van der Waals surface area contributed by atoms with Gasteiger partial charge < -0.3 is 5.73 Å². The van der Waals surface area contributed by atoms with E-state index < -0.39 is 0 Å². The first-order valence-corrected chi connectivity index (χ1v) is 8.42. The molecule has 122 valence electrons. The van der Waals surface area contributed by atoms with Gasteiger partial charge in [0.25, 0.3) is 0 Å². The summed E-state index contributed by atoms with van der Waals surface area (Å²) in [6.45, 7) is 2.75. The topological polar surface area (TPSA) is 47.1 Å². The summed E-state index contributed by atoms with van der Waals surface area (Å²) in [5, 5.41) is 4.70. The van der Waals surface area contributed by atoms with E-state index >= 15 is 0 Å². The summed E-state index contributed by atoms with van der Waals surface area (Å²) in [5.74, 6) is 0.405. The van der Waals surface area contributed by atoms with Gasteiger partial charge in [-0.3, -0.25) is 4.90 Å². The van der Waals surface area contributed by atoms with Crippen molar-refractivity contribution in [2.24, 2.45) is 5.73 Å².